The third-order valence-corrected chi connectivity index (χ3v) is 7.38. The molecule has 0 aliphatic heterocycles. The van der Waals surface area contributed by atoms with Crippen LogP contribution in [0.25, 0.3) is 27.7 Å². The molecule has 9 heteroatoms. The molecule has 0 radical (unpaired) electrons. The third kappa shape index (κ3) is 7.03. The van der Waals surface area contributed by atoms with Gasteiger partial charge < -0.3 is 19.9 Å². The number of halogens is 1. The fourth-order valence-electron chi connectivity index (χ4n) is 5.06. The molecular formula is C37H32ClN5O3. The first-order valence-electron chi connectivity index (χ1n) is 14.7. The summed E-state index contributed by atoms with van der Waals surface area (Å²) in [6, 6.07) is 34.3. The minimum atomic E-state index is -0.608. The molecule has 46 heavy (non-hydrogen) atoms. The SMILES string of the molecule is CC(C)(C)OC(=O)Nc1ccc(C(=O)Nc2cccc(Nc3cc(-c4cn(-c5ccccc5)c5ccccc45)c(Cl)cn3)c2)cc1. The quantitative estimate of drug-likeness (QED) is 0.163. The van der Waals surface area contributed by atoms with E-state index in [1.807, 2.05) is 54.6 Å². The van der Waals surface area contributed by atoms with E-state index >= 15 is 0 Å². The fraction of sp³-hybridized carbons (Fsp3) is 0.108. The predicted molar refractivity (Wildman–Crippen MR) is 185 cm³/mol. The summed E-state index contributed by atoms with van der Waals surface area (Å²) in [6.45, 7) is 5.38. The number of pyridine rings is 1. The summed E-state index contributed by atoms with van der Waals surface area (Å²) in [7, 11) is 0. The Bertz CT molecular complexity index is 2030. The van der Waals surface area contributed by atoms with Gasteiger partial charge in [-0.2, -0.15) is 0 Å². The average Bonchev–Trinajstić information content (AvgIpc) is 3.41. The number of rotatable bonds is 7. The van der Waals surface area contributed by atoms with Crippen molar-refractivity contribution in [2.24, 2.45) is 0 Å². The lowest BCUT2D eigenvalue weighted by Gasteiger charge is -2.19. The summed E-state index contributed by atoms with van der Waals surface area (Å²) < 4.78 is 7.43. The molecule has 4 aromatic carbocycles. The van der Waals surface area contributed by atoms with Crippen molar-refractivity contribution in [2.45, 2.75) is 26.4 Å². The number of carbonyl (C=O) groups excluding carboxylic acids is 2. The van der Waals surface area contributed by atoms with E-state index in [2.05, 4.69) is 56.0 Å². The highest BCUT2D eigenvalue weighted by molar-refractivity contribution is 6.33. The molecule has 3 N–H and O–H groups in total. The molecule has 0 spiro atoms. The highest BCUT2D eigenvalue weighted by atomic mass is 35.5. The van der Waals surface area contributed by atoms with Gasteiger partial charge in [0.15, 0.2) is 0 Å². The zero-order valence-electron chi connectivity index (χ0n) is 25.5. The van der Waals surface area contributed by atoms with Gasteiger partial charge in [-0.1, -0.05) is 54.1 Å². The number of fused-ring (bicyclic) bond motifs is 1. The van der Waals surface area contributed by atoms with E-state index < -0.39 is 11.7 Å². The summed E-state index contributed by atoms with van der Waals surface area (Å²) in [5, 5.41) is 10.5. The van der Waals surface area contributed by atoms with E-state index in [9.17, 15) is 9.59 Å². The van der Waals surface area contributed by atoms with Gasteiger partial charge in [0, 0.05) is 57.2 Å². The molecule has 0 aliphatic carbocycles. The number of para-hydroxylation sites is 2. The first-order valence-corrected chi connectivity index (χ1v) is 15.1. The number of hydrogen-bond acceptors (Lipinski definition) is 5. The van der Waals surface area contributed by atoms with E-state index in [4.69, 9.17) is 16.3 Å². The van der Waals surface area contributed by atoms with Crippen LogP contribution in [0.1, 0.15) is 31.1 Å². The van der Waals surface area contributed by atoms with Gasteiger partial charge in [-0.3, -0.25) is 10.1 Å². The van der Waals surface area contributed by atoms with Gasteiger partial charge in [0.1, 0.15) is 11.4 Å². The van der Waals surface area contributed by atoms with Crippen molar-refractivity contribution < 1.29 is 14.3 Å². The maximum atomic E-state index is 13.0. The van der Waals surface area contributed by atoms with Crippen molar-refractivity contribution in [1.29, 1.82) is 0 Å². The van der Waals surface area contributed by atoms with Gasteiger partial charge >= 0.3 is 6.09 Å². The topological polar surface area (TPSA) is 97.3 Å². The lowest BCUT2D eigenvalue weighted by atomic mass is 10.1. The fourth-order valence-corrected chi connectivity index (χ4v) is 5.27. The van der Waals surface area contributed by atoms with Crippen LogP contribution in [0.3, 0.4) is 0 Å². The zero-order chi connectivity index (χ0) is 32.3. The van der Waals surface area contributed by atoms with E-state index in [1.54, 1.807) is 57.3 Å². The highest BCUT2D eigenvalue weighted by Gasteiger charge is 2.17. The summed E-state index contributed by atoms with van der Waals surface area (Å²) in [5.41, 5.74) is 5.66. The second-order valence-electron chi connectivity index (χ2n) is 11.7. The Morgan fingerprint density at radius 3 is 2.24 bits per heavy atom. The van der Waals surface area contributed by atoms with E-state index in [1.165, 1.54) is 0 Å². The maximum Gasteiger partial charge on any atom is 0.412 e. The number of anilines is 4. The number of nitrogens with zero attached hydrogens (tertiary/aromatic N) is 2. The molecule has 6 aromatic rings. The van der Waals surface area contributed by atoms with Crippen molar-refractivity contribution >= 4 is 57.4 Å². The standard InChI is InChI=1S/C37H32ClN5O3/c1-37(2,3)46-36(45)42-25-18-16-24(17-19-25)35(44)41-27-11-9-10-26(20-27)40-34-21-30(32(38)22-39-34)31-23-43(28-12-5-4-6-13-28)33-15-8-7-14-29(31)33/h4-23H,1-3H3,(H,39,40)(H,41,44)(H,42,45). The van der Waals surface area contributed by atoms with E-state index in [-0.39, 0.29) is 5.91 Å². The first kappa shape index (κ1) is 30.4. The van der Waals surface area contributed by atoms with Crippen LogP contribution in [0, 0.1) is 0 Å². The number of hydrogen-bond donors (Lipinski definition) is 3. The summed E-state index contributed by atoms with van der Waals surface area (Å²) >= 11 is 6.72. The Hall–Kier alpha value is -5.60. The second-order valence-corrected chi connectivity index (χ2v) is 12.1. The molecule has 230 valence electrons. The molecule has 0 saturated carbocycles. The molecule has 0 bridgehead atoms. The van der Waals surface area contributed by atoms with Crippen LogP contribution in [-0.2, 0) is 4.74 Å². The van der Waals surface area contributed by atoms with Crippen LogP contribution < -0.4 is 16.0 Å². The number of aromatic nitrogens is 2. The van der Waals surface area contributed by atoms with Gasteiger partial charge in [-0.25, -0.2) is 9.78 Å². The van der Waals surface area contributed by atoms with Crippen LogP contribution in [0.2, 0.25) is 5.02 Å². The molecule has 8 nitrogen and oxygen atoms in total. The zero-order valence-corrected chi connectivity index (χ0v) is 26.3. The molecule has 0 atom stereocenters. The molecule has 0 aliphatic rings. The Kier molecular flexibility index (Phi) is 8.46. The van der Waals surface area contributed by atoms with Crippen LogP contribution in [-0.4, -0.2) is 27.2 Å². The lowest BCUT2D eigenvalue weighted by molar-refractivity contribution is 0.0635. The molecule has 0 fully saturated rings. The Balaban J connectivity index is 1.18. The lowest BCUT2D eigenvalue weighted by Crippen LogP contribution is -2.27. The molecule has 2 aromatic heterocycles. The predicted octanol–water partition coefficient (Wildman–Crippen LogP) is 9.69. The van der Waals surface area contributed by atoms with Crippen molar-refractivity contribution in [2.75, 3.05) is 16.0 Å². The number of carbonyl (C=O) groups is 2. The Morgan fingerprint density at radius 2 is 1.48 bits per heavy atom. The van der Waals surface area contributed by atoms with Crippen LogP contribution >= 0.6 is 11.6 Å². The summed E-state index contributed by atoms with van der Waals surface area (Å²) in [4.78, 5) is 29.5. The molecule has 0 unspecified atom stereocenters. The van der Waals surface area contributed by atoms with Gasteiger partial charge in [-0.15, -0.1) is 0 Å². The first-order chi connectivity index (χ1) is 22.1. The number of benzene rings is 4. The molecule has 0 saturated heterocycles. The third-order valence-electron chi connectivity index (χ3n) is 7.08. The van der Waals surface area contributed by atoms with Crippen LogP contribution in [0.5, 0.6) is 0 Å². The minimum absolute atomic E-state index is 0.289. The number of amides is 2. The Morgan fingerprint density at radius 1 is 0.761 bits per heavy atom. The van der Waals surface area contributed by atoms with Crippen LogP contribution in [0.4, 0.5) is 27.7 Å². The van der Waals surface area contributed by atoms with Crippen molar-refractivity contribution in [3.8, 4) is 16.8 Å². The van der Waals surface area contributed by atoms with Gasteiger partial charge in [0.05, 0.1) is 10.5 Å². The van der Waals surface area contributed by atoms with Crippen molar-refractivity contribution in [3.63, 3.8) is 0 Å². The molecule has 2 heterocycles. The summed E-state index contributed by atoms with van der Waals surface area (Å²) in [6.07, 6.45) is 3.18. The van der Waals surface area contributed by atoms with Crippen molar-refractivity contribution in [3.05, 3.63) is 132 Å². The van der Waals surface area contributed by atoms with Crippen LogP contribution in [0.15, 0.2) is 122 Å². The largest absolute Gasteiger partial charge is 0.444 e. The average molecular weight is 630 g/mol. The molecule has 2 amide bonds. The molecular weight excluding hydrogens is 598 g/mol. The number of ether oxygens (including phenoxy) is 1. The summed E-state index contributed by atoms with van der Waals surface area (Å²) in [5.74, 6) is 0.315. The monoisotopic (exact) mass is 629 g/mol. The maximum absolute atomic E-state index is 13.0. The highest BCUT2D eigenvalue weighted by Crippen LogP contribution is 2.37. The molecule has 6 rings (SSSR count). The minimum Gasteiger partial charge on any atom is -0.444 e. The van der Waals surface area contributed by atoms with E-state index in [0.717, 1.165) is 33.4 Å². The van der Waals surface area contributed by atoms with Gasteiger partial charge in [0.2, 0.25) is 0 Å². The van der Waals surface area contributed by atoms with E-state index in [0.29, 0.717) is 27.8 Å². The van der Waals surface area contributed by atoms with Gasteiger partial charge in [-0.05, 0) is 87.5 Å². The normalized spacial score (nSPS) is 11.2. The van der Waals surface area contributed by atoms with Gasteiger partial charge in [0.25, 0.3) is 5.91 Å². The Labute approximate surface area is 272 Å². The number of nitrogens with one attached hydrogen (secondary N) is 3. The smallest absolute Gasteiger partial charge is 0.412 e. The van der Waals surface area contributed by atoms with Crippen molar-refractivity contribution in [1.82, 2.24) is 9.55 Å². The second kappa shape index (κ2) is 12.8.